The Morgan fingerprint density at radius 1 is 1.38 bits per heavy atom. The Labute approximate surface area is 124 Å². The average Bonchev–Trinajstić information content (AvgIpc) is 2.46. The molecule has 1 aliphatic rings. The molecule has 1 aromatic carbocycles. The largest absolute Gasteiger partial charge is 0.365 e. The first-order chi connectivity index (χ1) is 10.0. The Bertz CT molecular complexity index is 696. The third-order valence-corrected chi connectivity index (χ3v) is 4.08. The number of anilines is 1. The van der Waals surface area contributed by atoms with E-state index in [0.717, 1.165) is 36.2 Å². The van der Waals surface area contributed by atoms with Crippen LogP contribution in [-0.4, -0.2) is 36.1 Å². The number of carbonyl (C=O) groups is 1. The van der Waals surface area contributed by atoms with Crippen molar-refractivity contribution in [2.45, 2.75) is 19.4 Å². The number of hydrogen-bond acceptors (Lipinski definition) is 4. The Kier molecular flexibility index (Phi) is 3.29. The molecular formula is C16H20N4O. The molecule has 0 spiro atoms. The number of aromatic nitrogens is 1. The summed E-state index contributed by atoms with van der Waals surface area (Å²) in [4.78, 5) is 18.5. The summed E-state index contributed by atoms with van der Waals surface area (Å²) in [5, 5.41) is 4.37. The number of fused-ring (bicyclic) bond motifs is 1. The summed E-state index contributed by atoms with van der Waals surface area (Å²) in [5.41, 5.74) is 7.76. The van der Waals surface area contributed by atoms with Gasteiger partial charge in [-0.2, -0.15) is 0 Å². The van der Waals surface area contributed by atoms with Gasteiger partial charge in [-0.1, -0.05) is 18.2 Å². The molecule has 3 rings (SSSR count). The van der Waals surface area contributed by atoms with Crippen molar-refractivity contribution in [1.82, 2.24) is 10.3 Å². The van der Waals surface area contributed by atoms with Crippen LogP contribution in [0.25, 0.3) is 10.9 Å². The number of carbonyl (C=O) groups excluding carboxylic acids is 1. The van der Waals surface area contributed by atoms with Crippen LogP contribution in [0.4, 0.5) is 5.69 Å². The molecule has 0 bridgehead atoms. The number of hydrogen-bond donors (Lipinski definition) is 2. The zero-order valence-electron chi connectivity index (χ0n) is 12.4. The Balaban J connectivity index is 2.27. The fourth-order valence-corrected chi connectivity index (χ4v) is 3.00. The minimum absolute atomic E-state index is 0.0907. The smallest absolute Gasteiger partial charge is 0.252 e. The summed E-state index contributed by atoms with van der Waals surface area (Å²) in [6.45, 7) is 6.92. The van der Waals surface area contributed by atoms with Gasteiger partial charge >= 0.3 is 0 Å². The maximum Gasteiger partial charge on any atom is 0.252 e. The molecule has 0 aliphatic carbocycles. The van der Waals surface area contributed by atoms with Crippen LogP contribution >= 0.6 is 0 Å². The van der Waals surface area contributed by atoms with E-state index < -0.39 is 5.91 Å². The molecule has 3 N–H and O–H groups in total. The van der Waals surface area contributed by atoms with Gasteiger partial charge in [0.05, 0.1) is 16.8 Å². The highest BCUT2D eigenvalue weighted by Gasteiger charge is 2.33. The zero-order chi connectivity index (χ0) is 15.0. The van der Waals surface area contributed by atoms with E-state index in [1.165, 1.54) is 0 Å². The van der Waals surface area contributed by atoms with Gasteiger partial charge in [0, 0.05) is 36.8 Å². The van der Waals surface area contributed by atoms with E-state index in [4.69, 9.17) is 5.73 Å². The maximum absolute atomic E-state index is 11.9. The van der Waals surface area contributed by atoms with Gasteiger partial charge in [-0.3, -0.25) is 9.78 Å². The third-order valence-electron chi connectivity index (χ3n) is 4.08. The van der Waals surface area contributed by atoms with E-state index in [1.54, 1.807) is 6.20 Å². The van der Waals surface area contributed by atoms with Crippen molar-refractivity contribution in [3.63, 3.8) is 0 Å². The molecule has 0 radical (unpaired) electrons. The van der Waals surface area contributed by atoms with Crippen LogP contribution in [0.15, 0.2) is 30.5 Å². The van der Waals surface area contributed by atoms with E-state index in [2.05, 4.69) is 29.0 Å². The minimum atomic E-state index is -0.433. The van der Waals surface area contributed by atoms with Crippen LogP contribution in [0.1, 0.15) is 24.2 Å². The number of rotatable bonds is 2. The predicted molar refractivity (Wildman–Crippen MR) is 84.6 cm³/mol. The number of nitrogens with zero attached hydrogens (tertiary/aromatic N) is 2. The second-order valence-electron chi connectivity index (χ2n) is 6.04. The van der Waals surface area contributed by atoms with Gasteiger partial charge in [0.2, 0.25) is 0 Å². The molecule has 1 fully saturated rings. The fourth-order valence-electron chi connectivity index (χ4n) is 3.00. The van der Waals surface area contributed by atoms with Gasteiger partial charge in [0.1, 0.15) is 0 Å². The number of piperazine rings is 1. The van der Waals surface area contributed by atoms with Crippen LogP contribution < -0.4 is 16.0 Å². The number of para-hydroxylation sites is 1. The van der Waals surface area contributed by atoms with Crippen molar-refractivity contribution in [1.29, 1.82) is 0 Å². The lowest BCUT2D eigenvalue weighted by molar-refractivity contribution is 0.100. The molecular weight excluding hydrogens is 264 g/mol. The predicted octanol–water partition coefficient (Wildman–Crippen LogP) is 1.52. The minimum Gasteiger partial charge on any atom is -0.365 e. The van der Waals surface area contributed by atoms with Crippen molar-refractivity contribution in [2.75, 3.05) is 24.5 Å². The first kappa shape index (κ1) is 13.8. The SMILES string of the molecule is CC1(C)CNCCN1c1c(C(N)=O)cnc2ccccc12. The van der Waals surface area contributed by atoms with Crippen molar-refractivity contribution in [3.05, 3.63) is 36.0 Å². The molecule has 0 atom stereocenters. The van der Waals surface area contributed by atoms with Crippen LogP contribution in [0, 0.1) is 0 Å². The monoisotopic (exact) mass is 284 g/mol. The molecule has 1 saturated heterocycles. The zero-order valence-corrected chi connectivity index (χ0v) is 12.4. The molecule has 0 saturated carbocycles. The average molecular weight is 284 g/mol. The van der Waals surface area contributed by atoms with Gasteiger partial charge in [-0.25, -0.2) is 0 Å². The fraction of sp³-hybridized carbons (Fsp3) is 0.375. The van der Waals surface area contributed by atoms with Gasteiger partial charge < -0.3 is 16.0 Å². The van der Waals surface area contributed by atoms with Gasteiger partial charge in [-0.05, 0) is 19.9 Å². The summed E-state index contributed by atoms with van der Waals surface area (Å²) < 4.78 is 0. The van der Waals surface area contributed by atoms with Crippen LogP contribution in [0.5, 0.6) is 0 Å². The van der Waals surface area contributed by atoms with Gasteiger partial charge in [-0.15, -0.1) is 0 Å². The van der Waals surface area contributed by atoms with Crippen molar-refractivity contribution in [2.24, 2.45) is 5.73 Å². The Morgan fingerprint density at radius 2 is 2.14 bits per heavy atom. The Morgan fingerprint density at radius 3 is 2.86 bits per heavy atom. The number of benzene rings is 1. The first-order valence-electron chi connectivity index (χ1n) is 7.16. The highest BCUT2D eigenvalue weighted by atomic mass is 16.1. The van der Waals surface area contributed by atoms with E-state index in [1.807, 2.05) is 24.3 Å². The van der Waals surface area contributed by atoms with Crippen LogP contribution in [0.3, 0.4) is 0 Å². The summed E-state index contributed by atoms with van der Waals surface area (Å²) in [6, 6.07) is 7.88. The number of primary amides is 1. The maximum atomic E-state index is 11.9. The van der Waals surface area contributed by atoms with Gasteiger partial charge in [0.15, 0.2) is 0 Å². The molecule has 0 unspecified atom stereocenters. The summed E-state index contributed by atoms with van der Waals surface area (Å²) in [5.74, 6) is -0.433. The lowest BCUT2D eigenvalue weighted by Crippen LogP contribution is -2.58. The molecule has 21 heavy (non-hydrogen) atoms. The van der Waals surface area contributed by atoms with Crippen molar-refractivity contribution < 1.29 is 4.79 Å². The standard InChI is InChI=1S/C16H20N4O/c1-16(2)10-18-7-8-20(16)14-11-5-3-4-6-13(11)19-9-12(14)15(17)21/h3-6,9,18H,7-8,10H2,1-2H3,(H2,17,21). The van der Waals surface area contributed by atoms with E-state index in [9.17, 15) is 4.79 Å². The van der Waals surface area contributed by atoms with E-state index >= 15 is 0 Å². The van der Waals surface area contributed by atoms with Crippen LogP contribution in [0.2, 0.25) is 0 Å². The quantitative estimate of drug-likeness (QED) is 0.877. The number of amides is 1. The molecule has 1 aliphatic heterocycles. The summed E-state index contributed by atoms with van der Waals surface area (Å²) in [6.07, 6.45) is 1.60. The summed E-state index contributed by atoms with van der Waals surface area (Å²) >= 11 is 0. The summed E-state index contributed by atoms with van der Waals surface area (Å²) in [7, 11) is 0. The molecule has 1 amide bonds. The Hall–Kier alpha value is -2.14. The number of pyridine rings is 1. The third kappa shape index (κ3) is 2.34. The topological polar surface area (TPSA) is 71.2 Å². The normalized spacial score (nSPS) is 17.9. The molecule has 2 aromatic rings. The molecule has 5 nitrogen and oxygen atoms in total. The highest BCUT2D eigenvalue weighted by Crippen LogP contribution is 2.34. The van der Waals surface area contributed by atoms with Crippen LogP contribution in [-0.2, 0) is 0 Å². The van der Waals surface area contributed by atoms with Crippen molar-refractivity contribution in [3.8, 4) is 0 Å². The lowest BCUT2D eigenvalue weighted by Gasteiger charge is -2.45. The van der Waals surface area contributed by atoms with Gasteiger partial charge in [0.25, 0.3) is 5.91 Å². The highest BCUT2D eigenvalue weighted by molar-refractivity contribution is 6.07. The van der Waals surface area contributed by atoms with E-state index in [0.29, 0.717) is 5.56 Å². The lowest BCUT2D eigenvalue weighted by atomic mass is 9.96. The second kappa shape index (κ2) is 5.00. The first-order valence-corrected chi connectivity index (χ1v) is 7.16. The van der Waals surface area contributed by atoms with Crippen molar-refractivity contribution >= 4 is 22.5 Å². The van der Waals surface area contributed by atoms with E-state index in [-0.39, 0.29) is 5.54 Å². The molecule has 1 aromatic heterocycles. The molecule has 110 valence electrons. The number of nitrogens with one attached hydrogen (secondary N) is 1. The molecule has 5 heteroatoms. The number of nitrogens with two attached hydrogens (primary N) is 1. The molecule has 2 heterocycles. The second-order valence-corrected chi connectivity index (χ2v) is 6.04.